The van der Waals surface area contributed by atoms with Crippen LogP contribution in [0.5, 0.6) is 0 Å². The van der Waals surface area contributed by atoms with Crippen LogP contribution in [0.3, 0.4) is 0 Å². The molecule has 2 aromatic carbocycles. The minimum Gasteiger partial charge on any atom is -0.455 e. The molecule has 8 nitrogen and oxygen atoms in total. The van der Waals surface area contributed by atoms with Crippen molar-refractivity contribution in [3.8, 4) is 22.7 Å². The lowest BCUT2D eigenvalue weighted by molar-refractivity contribution is 0.629. The molecule has 0 radical (unpaired) electrons. The first kappa shape index (κ1) is 21.2. The lowest BCUT2D eigenvalue weighted by Crippen LogP contribution is -2.04. The van der Waals surface area contributed by atoms with Crippen LogP contribution in [-0.2, 0) is 13.0 Å². The smallest absolute Gasteiger partial charge is 0.180 e. The lowest BCUT2D eigenvalue weighted by atomic mass is 10.0. The summed E-state index contributed by atoms with van der Waals surface area (Å²) >= 11 is 7.22. The van der Waals surface area contributed by atoms with Crippen LogP contribution in [0, 0.1) is 0 Å². The highest BCUT2D eigenvalue weighted by Gasteiger charge is 2.19. The number of rotatable bonds is 5. The zero-order valence-electron chi connectivity index (χ0n) is 18.0. The average molecular weight is 579 g/mol. The highest BCUT2D eigenvalue weighted by molar-refractivity contribution is 9.11. The van der Waals surface area contributed by atoms with Crippen molar-refractivity contribution in [1.82, 2.24) is 35.2 Å². The van der Waals surface area contributed by atoms with Gasteiger partial charge in [0.05, 0.1) is 9.99 Å². The quantitative estimate of drug-likeness (QED) is 0.246. The Hall–Kier alpha value is -3.37. The van der Waals surface area contributed by atoms with Gasteiger partial charge in [0.1, 0.15) is 21.8 Å². The monoisotopic (exact) mass is 577 g/mol. The average Bonchev–Trinajstić information content (AvgIpc) is 3.58. The Kier molecular flexibility index (Phi) is 5.26. The molecule has 0 bridgehead atoms. The van der Waals surface area contributed by atoms with E-state index < -0.39 is 0 Å². The van der Waals surface area contributed by atoms with E-state index in [4.69, 9.17) is 9.40 Å². The minimum absolute atomic E-state index is 0.586. The summed E-state index contributed by atoms with van der Waals surface area (Å²) in [5, 5.41) is 15.3. The second-order valence-corrected chi connectivity index (χ2v) is 9.42. The molecule has 0 amide bonds. The number of tetrazole rings is 1. The minimum atomic E-state index is 0.586. The van der Waals surface area contributed by atoms with Crippen LogP contribution in [-0.4, -0.2) is 35.2 Å². The van der Waals surface area contributed by atoms with Gasteiger partial charge in [0, 0.05) is 29.5 Å². The SMILES string of the molecule is CCc1nc2nc(Br)ccc2n1Cc1ccc2oc(-c3ccccc3-c3nnn[nH]3)c(Br)c2c1. The highest BCUT2D eigenvalue weighted by atomic mass is 79.9. The Morgan fingerprint density at radius 1 is 1.00 bits per heavy atom. The topological polar surface area (TPSA) is 98.3 Å². The normalized spacial score (nSPS) is 11.6. The van der Waals surface area contributed by atoms with E-state index in [9.17, 15) is 0 Å². The third kappa shape index (κ3) is 3.54. The first-order chi connectivity index (χ1) is 16.6. The molecule has 10 heteroatoms. The van der Waals surface area contributed by atoms with E-state index in [1.807, 2.05) is 36.4 Å². The van der Waals surface area contributed by atoms with Crippen molar-refractivity contribution in [2.24, 2.45) is 0 Å². The summed E-state index contributed by atoms with van der Waals surface area (Å²) in [6, 6.07) is 18.1. The molecule has 0 fully saturated rings. The molecule has 0 saturated carbocycles. The van der Waals surface area contributed by atoms with Gasteiger partial charge in [-0.05, 0) is 72.1 Å². The summed E-state index contributed by atoms with van der Waals surface area (Å²) < 4.78 is 10.2. The van der Waals surface area contributed by atoms with Gasteiger partial charge in [-0.1, -0.05) is 37.3 Å². The summed E-state index contributed by atoms with van der Waals surface area (Å²) in [6.45, 7) is 2.79. The molecule has 0 atom stereocenters. The van der Waals surface area contributed by atoms with Crippen LogP contribution in [0.1, 0.15) is 18.3 Å². The molecular weight excluding hydrogens is 562 g/mol. The molecule has 6 aromatic rings. The Labute approximate surface area is 210 Å². The van der Waals surface area contributed by atoms with Crippen LogP contribution < -0.4 is 0 Å². The number of hydrogen-bond acceptors (Lipinski definition) is 6. The van der Waals surface area contributed by atoms with Crippen molar-refractivity contribution in [2.45, 2.75) is 19.9 Å². The standard InChI is InChI=1S/C24H17Br2N7O/c1-2-20-28-24-17(8-10-19(25)27-24)33(20)12-13-7-9-18-16(11-13)21(26)22(34-18)14-5-3-4-6-15(14)23-29-31-32-30-23/h3-11H,2,12H2,1H3,(H,29,30,31,32). The number of furan rings is 1. The van der Waals surface area contributed by atoms with Gasteiger partial charge in [-0.3, -0.25) is 0 Å². The van der Waals surface area contributed by atoms with Crippen LogP contribution in [0.4, 0.5) is 0 Å². The molecule has 4 aromatic heterocycles. The predicted octanol–water partition coefficient (Wildman–Crippen LogP) is 6.16. The number of hydrogen-bond donors (Lipinski definition) is 1. The number of aromatic amines is 1. The maximum Gasteiger partial charge on any atom is 0.180 e. The third-order valence-electron chi connectivity index (χ3n) is 5.78. The van der Waals surface area contributed by atoms with Crippen LogP contribution in [0.2, 0.25) is 0 Å². The molecule has 0 unspecified atom stereocenters. The van der Waals surface area contributed by atoms with Gasteiger partial charge >= 0.3 is 0 Å². The number of nitrogens with one attached hydrogen (secondary N) is 1. The van der Waals surface area contributed by atoms with Crippen molar-refractivity contribution in [3.05, 3.63) is 75.1 Å². The van der Waals surface area contributed by atoms with Crippen LogP contribution >= 0.6 is 31.9 Å². The van der Waals surface area contributed by atoms with E-state index in [0.717, 1.165) is 65.9 Å². The number of fused-ring (bicyclic) bond motifs is 2. The van der Waals surface area contributed by atoms with Crippen molar-refractivity contribution in [2.75, 3.05) is 0 Å². The molecule has 0 saturated heterocycles. The summed E-state index contributed by atoms with van der Waals surface area (Å²) in [7, 11) is 0. The highest BCUT2D eigenvalue weighted by Crippen LogP contribution is 2.41. The Morgan fingerprint density at radius 3 is 2.65 bits per heavy atom. The van der Waals surface area contributed by atoms with Gasteiger partial charge in [0.25, 0.3) is 0 Å². The number of benzene rings is 2. The number of H-pyrrole nitrogens is 1. The summed E-state index contributed by atoms with van der Waals surface area (Å²) in [6.07, 6.45) is 0.822. The largest absolute Gasteiger partial charge is 0.455 e. The van der Waals surface area contributed by atoms with Crippen LogP contribution in [0.25, 0.3) is 44.8 Å². The maximum atomic E-state index is 6.28. The number of aromatic nitrogens is 7. The van der Waals surface area contributed by atoms with E-state index in [1.165, 1.54) is 0 Å². The second-order valence-electron chi connectivity index (χ2n) is 7.82. The van der Waals surface area contributed by atoms with Gasteiger partial charge in [0.2, 0.25) is 0 Å². The second kappa shape index (κ2) is 8.44. The van der Waals surface area contributed by atoms with Crippen molar-refractivity contribution >= 4 is 54.0 Å². The fraction of sp³-hybridized carbons (Fsp3) is 0.125. The molecule has 4 heterocycles. The van der Waals surface area contributed by atoms with Gasteiger partial charge in [0.15, 0.2) is 11.5 Å². The van der Waals surface area contributed by atoms with E-state index in [0.29, 0.717) is 12.4 Å². The molecule has 6 rings (SSSR count). The van der Waals surface area contributed by atoms with E-state index in [-0.39, 0.29) is 0 Å². The summed E-state index contributed by atoms with van der Waals surface area (Å²) in [4.78, 5) is 9.24. The molecule has 0 spiro atoms. The van der Waals surface area contributed by atoms with Crippen molar-refractivity contribution in [3.63, 3.8) is 0 Å². The van der Waals surface area contributed by atoms with Crippen molar-refractivity contribution < 1.29 is 4.42 Å². The zero-order valence-corrected chi connectivity index (χ0v) is 21.1. The lowest BCUT2D eigenvalue weighted by Gasteiger charge is -2.08. The first-order valence-corrected chi connectivity index (χ1v) is 12.3. The first-order valence-electron chi connectivity index (χ1n) is 10.7. The number of nitrogens with zero attached hydrogens (tertiary/aromatic N) is 6. The molecule has 34 heavy (non-hydrogen) atoms. The summed E-state index contributed by atoms with van der Waals surface area (Å²) in [5.74, 6) is 2.32. The Morgan fingerprint density at radius 2 is 1.85 bits per heavy atom. The molecule has 0 aliphatic heterocycles. The Bertz CT molecular complexity index is 1650. The molecule has 0 aliphatic carbocycles. The number of halogens is 2. The van der Waals surface area contributed by atoms with E-state index >= 15 is 0 Å². The van der Waals surface area contributed by atoms with Gasteiger partial charge in [-0.2, -0.15) is 0 Å². The number of imidazole rings is 1. The molecule has 168 valence electrons. The van der Waals surface area contributed by atoms with Crippen molar-refractivity contribution in [1.29, 1.82) is 0 Å². The maximum absolute atomic E-state index is 6.28. The third-order valence-corrected chi connectivity index (χ3v) is 7.01. The number of pyridine rings is 1. The fourth-order valence-electron chi connectivity index (χ4n) is 4.21. The summed E-state index contributed by atoms with van der Waals surface area (Å²) in [5.41, 5.74) is 5.47. The zero-order chi connectivity index (χ0) is 23.2. The van der Waals surface area contributed by atoms with E-state index in [2.05, 4.69) is 87.2 Å². The molecule has 1 N–H and O–H groups in total. The number of aryl methyl sites for hydroxylation is 1. The van der Waals surface area contributed by atoms with E-state index in [1.54, 1.807) is 0 Å². The fourth-order valence-corrected chi connectivity index (χ4v) is 5.11. The Balaban J connectivity index is 1.44. The van der Waals surface area contributed by atoms with Crippen LogP contribution in [0.15, 0.2) is 68.1 Å². The van der Waals surface area contributed by atoms with Gasteiger partial charge in [-0.15, -0.1) is 5.10 Å². The van der Waals surface area contributed by atoms with Gasteiger partial charge in [-0.25, -0.2) is 15.1 Å². The molecule has 0 aliphatic rings. The predicted molar refractivity (Wildman–Crippen MR) is 136 cm³/mol. The van der Waals surface area contributed by atoms with Gasteiger partial charge < -0.3 is 8.98 Å². The molecular formula is C24H17Br2N7O.